The molecule has 6 nitrogen and oxygen atoms in total. The summed E-state index contributed by atoms with van der Waals surface area (Å²) in [6.45, 7) is 1.90. The summed E-state index contributed by atoms with van der Waals surface area (Å²) in [6.07, 6.45) is 1.81. The van der Waals surface area contributed by atoms with Gasteiger partial charge in [0, 0.05) is 17.6 Å². The Morgan fingerprint density at radius 3 is 2.42 bits per heavy atom. The van der Waals surface area contributed by atoms with Crippen molar-refractivity contribution in [3.8, 4) is 5.75 Å². The van der Waals surface area contributed by atoms with Gasteiger partial charge in [0.25, 0.3) is 5.91 Å². The molecular weight excluding hydrogens is 458 g/mol. The van der Waals surface area contributed by atoms with Crippen molar-refractivity contribution in [3.05, 3.63) is 93.9 Å². The van der Waals surface area contributed by atoms with E-state index in [4.69, 9.17) is 16.3 Å². The number of nitrogens with one attached hydrogen (secondary N) is 2. The Morgan fingerprint density at radius 2 is 1.76 bits per heavy atom. The second-order valence-electron chi connectivity index (χ2n) is 7.19. The summed E-state index contributed by atoms with van der Waals surface area (Å²) in [4.78, 5) is 28.5. The zero-order chi connectivity index (χ0) is 23.2. The normalized spacial score (nSPS) is 15.5. The summed E-state index contributed by atoms with van der Waals surface area (Å²) in [6, 6.07) is 22.1. The first-order chi connectivity index (χ1) is 15.9. The van der Waals surface area contributed by atoms with Crippen LogP contribution >= 0.6 is 23.4 Å². The van der Waals surface area contributed by atoms with Crippen molar-refractivity contribution in [2.45, 2.75) is 13.5 Å². The lowest BCUT2D eigenvalue weighted by Gasteiger charge is -2.06. The highest BCUT2D eigenvalue weighted by molar-refractivity contribution is 8.18. The van der Waals surface area contributed by atoms with Crippen LogP contribution in [0.1, 0.15) is 18.1 Å². The van der Waals surface area contributed by atoms with Gasteiger partial charge >= 0.3 is 0 Å². The Bertz CT molecular complexity index is 1220. The van der Waals surface area contributed by atoms with Gasteiger partial charge < -0.3 is 15.4 Å². The number of thioether (sulfide) groups is 1. The molecular formula is C25H20ClN3O3S. The lowest BCUT2D eigenvalue weighted by atomic mass is 10.2. The summed E-state index contributed by atoms with van der Waals surface area (Å²) in [5, 5.41) is 6.67. The highest BCUT2D eigenvalue weighted by atomic mass is 35.5. The molecule has 33 heavy (non-hydrogen) atoms. The van der Waals surface area contributed by atoms with Crippen LogP contribution in [0.5, 0.6) is 5.75 Å². The van der Waals surface area contributed by atoms with Gasteiger partial charge in [-0.05, 0) is 77.5 Å². The lowest BCUT2D eigenvalue weighted by Crippen LogP contribution is -2.19. The molecule has 0 bridgehead atoms. The fraction of sp³-hybridized carbons (Fsp3) is 0.0800. The third-order valence-corrected chi connectivity index (χ3v) is 5.73. The van der Waals surface area contributed by atoms with Gasteiger partial charge in [0.05, 0.1) is 10.6 Å². The number of ether oxygens (including phenoxy) is 1. The van der Waals surface area contributed by atoms with E-state index >= 15 is 0 Å². The third kappa shape index (κ3) is 6.47. The molecule has 1 fully saturated rings. The minimum absolute atomic E-state index is 0.136. The summed E-state index contributed by atoms with van der Waals surface area (Å²) in [5.74, 6) is 0.404. The number of hydrogen-bond donors (Lipinski definition) is 2. The Kier molecular flexibility index (Phi) is 7.12. The van der Waals surface area contributed by atoms with Crippen LogP contribution in [-0.2, 0) is 16.2 Å². The standard InChI is InChI=1S/C25H20ClN3O3S/c1-16(30)27-20-8-10-21(11-9-20)28-25-29-24(31)23(33-25)14-17-4-12-22(13-5-17)32-15-18-2-6-19(26)7-3-18/h2-14H,15H2,1H3,(H,27,30)(H,28,29,31). The number of carbonyl (C=O) groups excluding carboxylic acids is 2. The second kappa shape index (κ2) is 10.4. The average Bonchev–Trinajstić information content (AvgIpc) is 3.14. The predicted molar refractivity (Wildman–Crippen MR) is 134 cm³/mol. The molecule has 0 aliphatic carbocycles. The van der Waals surface area contributed by atoms with Crippen molar-refractivity contribution >= 4 is 57.8 Å². The van der Waals surface area contributed by atoms with Gasteiger partial charge in [-0.3, -0.25) is 9.59 Å². The predicted octanol–water partition coefficient (Wildman–Crippen LogP) is 5.77. The number of anilines is 1. The summed E-state index contributed by atoms with van der Waals surface area (Å²) in [5.41, 5.74) is 3.28. The number of hydrogen-bond acceptors (Lipinski definition) is 5. The molecule has 2 N–H and O–H groups in total. The van der Waals surface area contributed by atoms with Crippen LogP contribution in [0.25, 0.3) is 6.08 Å². The number of amides is 2. The molecule has 0 saturated carbocycles. The molecule has 0 unspecified atom stereocenters. The molecule has 4 rings (SSSR count). The summed E-state index contributed by atoms with van der Waals surface area (Å²) >= 11 is 7.17. The number of carbonyl (C=O) groups is 2. The first-order valence-electron chi connectivity index (χ1n) is 10.1. The molecule has 8 heteroatoms. The van der Waals surface area contributed by atoms with Gasteiger partial charge in [-0.15, -0.1) is 0 Å². The summed E-state index contributed by atoms with van der Waals surface area (Å²) < 4.78 is 5.80. The van der Waals surface area contributed by atoms with Crippen LogP contribution in [0.3, 0.4) is 0 Å². The first-order valence-corrected chi connectivity index (χ1v) is 11.3. The maximum atomic E-state index is 12.3. The van der Waals surface area contributed by atoms with E-state index in [-0.39, 0.29) is 11.8 Å². The number of nitrogens with zero attached hydrogens (tertiary/aromatic N) is 1. The maximum Gasteiger partial charge on any atom is 0.264 e. The van der Waals surface area contributed by atoms with E-state index in [0.717, 1.165) is 16.9 Å². The van der Waals surface area contributed by atoms with Gasteiger partial charge in [-0.1, -0.05) is 35.9 Å². The van der Waals surface area contributed by atoms with Crippen LogP contribution in [-0.4, -0.2) is 17.0 Å². The molecule has 0 atom stereocenters. The molecule has 3 aromatic rings. The molecule has 2 amide bonds. The Balaban J connectivity index is 1.37. The van der Waals surface area contributed by atoms with E-state index in [2.05, 4.69) is 15.6 Å². The quantitative estimate of drug-likeness (QED) is 0.442. The first kappa shape index (κ1) is 22.6. The monoisotopic (exact) mass is 477 g/mol. The van der Waals surface area contributed by atoms with E-state index in [1.54, 1.807) is 24.3 Å². The molecule has 166 valence electrons. The smallest absolute Gasteiger partial charge is 0.264 e. The number of benzene rings is 3. The van der Waals surface area contributed by atoms with Crippen LogP contribution in [0, 0.1) is 0 Å². The van der Waals surface area contributed by atoms with Crippen molar-refractivity contribution in [3.63, 3.8) is 0 Å². The van der Waals surface area contributed by atoms with E-state index in [9.17, 15) is 9.59 Å². The van der Waals surface area contributed by atoms with Crippen LogP contribution in [0.2, 0.25) is 5.02 Å². The minimum atomic E-state index is -0.198. The van der Waals surface area contributed by atoms with Gasteiger partial charge in [0.2, 0.25) is 5.91 Å². The maximum absolute atomic E-state index is 12.3. The largest absolute Gasteiger partial charge is 0.489 e. The van der Waals surface area contributed by atoms with E-state index < -0.39 is 0 Å². The average molecular weight is 478 g/mol. The summed E-state index contributed by atoms with van der Waals surface area (Å²) in [7, 11) is 0. The van der Waals surface area contributed by atoms with E-state index in [1.165, 1.54) is 18.7 Å². The van der Waals surface area contributed by atoms with Crippen molar-refractivity contribution < 1.29 is 14.3 Å². The van der Waals surface area contributed by atoms with Crippen LogP contribution < -0.4 is 15.4 Å². The SMILES string of the molecule is CC(=O)Nc1ccc(N=C2NC(=O)C(=Cc3ccc(OCc4ccc(Cl)cc4)cc3)S2)cc1. The van der Waals surface area contributed by atoms with Crippen molar-refractivity contribution in [2.75, 3.05) is 5.32 Å². The lowest BCUT2D eigenvalue weighted by molar-refractivity contribution is -0.115. The van der Waals surface area contributed by atoms with Crippen LogP contribution in [0.4, 0.5) is 11.4 Å². The molecule has 1 aliphatic rings. The molecule has 1 saturated heterocycles. The minimum Gasteiger partial charge on any atom is -0.489 e. The number of amidine groups is 1. The van der Waals surface area contributed by atoms with Gasteiger partial charge in [0.1, 0.15) is 12.4 Å². The number of halogens is 1. The molecule has 1 aliphatic heterocycles. The molecule has 1 heterocycles. The molecule has 0 radical (unpaired) electrons. The van der Waals surface area contributed by atoms with E-state index in [1.807, 2.05) is 54.6 Å². The molecule has 3 aromatic carbocycles. The van der Waals surface area contributed by atoms with Gasteiger partial charge in [0.15, 0.2) is 5.17 Å². The number of rotatable bonds is 6. The topological polar surface area (TPSA) is 79.8 Å². The Morgan fingerprint density at radius 1 is 1.06 bits per heavy atom. The van der Waals surface area contributed by atoms with Crippen LogP contribution in [0.15, 0.2) is 82.7 Å². The zero-order valence-electron chi connectivity index (χ0n) is 17.7. The Hall–Kier alpha value is -3.55. The zero-order valence-corrected chi connectivity index (χ0v) is 19.2. The molecule has 0 aromatic heterocycles. The van der Waals surface area contributed by atoms with Crippen molar-refractivity contribution in [1.82, 2.24) is 5.32 Å². The van der Waals surface area contributed by atoms with Crippen molar-refractivity contribution in [1.29, 1.82) is 0 Å². The highest BCUT2D eigenvalue weighted by Crippen LogP contribution is 2.29. The highest BCUT2D eigenvalue weighted by Gasteiger charge is 2.23. The third-order valence-electron chi connectivity index (χ3n) is 4.57. The van der Waals surface area contributed by atoms with Gasteiger partial charge in [-0.2, -0.15) is 0 Å². The second-order valence-corrected chi connectivity index (χ2v) is 8.66. The fourth-order valence-corrected chi connectivity index (χ4v) is 3.95. The molecule has 0 spiro atoms. The Labute approximate surface area is 200 Å². The van der Waals surface area contributed by atoms with E-state index in [0.29, 0.717) is 33.1 Å². The van der Waals surface area contributed by atoms with Gasteiger partial charge in [-0.25, -0.2) is 4.99 Å². The fourth-order valence-electron chi connectivity index (χ4n) is 2.98. The van der Waals surface area contributed by atoms with Crippen molar-refractivity contribution in [2.24, 2.45) is 4.99 Å². The number of aliphatic imine (C=N–C) groups is 1.